The first-order valence-corrected chi connectivity index (χ1v) is 7.73. The number of aromatic amines is 1. The van der Waals surface area contributed by atoms with Crippen LogP contribution in [0.5, 0.6) is 0 Å². The fourth-order valence-corrected chi connectivity index (χ4v) is 2.96. The quantitative estimate of drug-likeness (QED) is 0.646. The lowest BCUT2D eigenvalue weighted by molar-refractivity contribution is -0.109. The van der Waals surface area contributed by atoms with Gasteiger partial charge in [-0.15, -0.1) is 0 Å². The van der Waals surface area contributed by atoms with E-state index in [1.165, 1.54) is 6.92 Å². The van der Waals surface area contributed by atoms with Gasteiger partial charge in [0.15, 0.2) is 5.12 Å². The minimum absolute atomic E-state index is 0.0694. The summed E-state index contributed by atoms with van der Waals surface area (Å²) in [6, 6.07) is 6.88. The number of benzene rings is 1. The number of fused-ring (bicyclic) bond motifs is 1. The molecule has 118 valence electrons. The number of rotatable bonds is 6. The fourth-order valence-electron chi connectivity index (χ4n) is 2.31. The molecule has 4 N–H and O–H groups in total. The van der Waals surface area contributed by atoms with E-state index in [1.807, 2.05) is 0 Å². The molecule has 22 heavy (non-hydrogen) atoms. The smallest absolute Gasteiger partial charge is 0.352 e. The molecule has 0 aliphatic heterocycles. The number of aromatic nitrogens is 1. The molecule has 7 heteroatoms. The van der Waals surface area contributed by atoms with Gasteiger partial charge in [-0.1, -0.05) is 30.0 Å². The average Bonchev–Trinajstić information content (AvgIpc) is 2.85. The van der Waals surface area contributed by atoms with Crippen molar-refractivity contribution in [3.05, 3.63) is 35.5 Å². The first-order chi connectivity index (χ1) is 10.4. The zero-order valence-corrected chi connectivity index (χ0v) is 12.8. The molecule has 0 amide bonds. The number of nitrogens with one attached hydrogen (secondary N) is 1. The van der Waals surface area contributed by atoms with Crippen LogP contribution >= 0.6 is 11.8 Å². The van der Waals surface area contributed by atoms with E-state index in [-0.39, 0.29) is 22.8 Å². The first-order valence-electron chi connectivity index (χ1n) is 6.75. The van der Waals surface area contributed by atoms with Gasteiger partial charge >= 0.3 is 5.97 Å². The highest BCUT2D eigenvalue weighted by atomic mass is 32.2. The number of hydrogen-bond acceptors (Lipinski definition) is 5. The SMILES string of the molecule is CC(=O)SCCC(O)C(O)c1c(C(=O)O)[nH]c2ccccc12. The van der Waals surface area contributed by atoms with Gasteiger partial charge in [0.05, 0.1) is 6.10 Å². The monoisotopic (exact) mass is 323 g/mol. The molecule has 6 nitrogen and oxygen atoms in total. The number of aliphatic hydroxyl groups excluding tert-OH is 2. The Hall–Kier alpha value is -1.83. The normalized spacial score (nSPS) is 14.0. The van der Waals surface area contributed by atoms with Crippen molar-refractivity contribution in [3.63, 3.8) is 0 Å². The van der Waals surface area contributed by atoms with E-state index in [0.29, 0.717) is 16.7 Å². The van der Waals surface area contributed by atoms with Crippen LogP contribution in [0.3, 0.4) is 0 Å². The number of aromatic carboxylic acids is 1. The molecule has 2 rings (SSSR count). The highest BCUT2D eigenvalue weighted by Crippen LogP contribution is 2.31. The number of H-pyrrole nitrogens is 1. The van der Waals surface area contributed by atoms with E-state index >= 15 is 0 Å². The molecule has 0 aliphatic rings. The first kappa shape index (κ1) is 16.5. The Morgan fingerprint density at radius 2 is 1.95 bits per heavy atom. The lowest BCUT2D eigenvalue weighted by Gasteiger charge is -2.18. The van der Waals surface area contributed by atoms with Crippen LogP contribution in [0.25, 0.3) is 10.9 Å². The molecule has 0 aliphatic carbocycles. The second-order valence-electron chi connectivity index (χ2n) is 4.91. The summed E-state index contributed by atoms with van der Waals surface area (Å²) in [6.07, 6.45) is -2.30. The summed E-state index contributed by atoms with van der Waals surface area (Å²) in [5, 5.41) is 30.2. The van der Waals surface area contributed by atoms with Crippen LogP contribution in [-0.4, -0.2) is 43.2 Å². The molecule has 1 aromatic carbocycles. The van der Waals surface area contributed by atoms with E-state index in [1.54, 1.807) is 24.3 Å². The molecule has 2 unspecified atom stereocenters. The van der Waals surface area contributed by atoms with Gasteiger partial charge in [-0.05, 0) is 12.5 Å². The summed E-state index contributed by atoms with van der Waals surface area (Å²) in [5.74, 6) is -0.839. The molecule has 2 atom stereocenters. The van der Waals surface area contributed by atoms with Gasteiger partial charge in [-0.2, -0.15) is 0 Å². The van der Waals surface area contributed by atoms with Crippen molar-refractivity contribution in [1.82, 2.24) is 4.98 Å². The summed E-state index contributed by atoms with van der Waals surface area (Å²) >= 11 is 1.05. The van der Waals surface area contributed by atoms with Gasteiger partial charge in [0.1, 0.15) is 11.8 Å². The predicted molar refractivity (Wildman–Crippen MR) is 84.0 cm³/mol. The maximum absolute atomic E-state index is 11.3. The Kier molecular flexibility index (Phi) is 5.23. The van der Waals surface area contributed by atoms with Crippen LogP contribution in [0.15, 0.2) is 24.3 Å². The number of carboxylic acids is 1. The molecule has 0 saturated carbocycles. The topological polar surface area (TPSA) is 111 Å². The second-order valence-corrected chi connectivity index (χ2v) is 6.18. The fraction of sp³-hybridized carbons (Fsp3) is 0.333. The number of para-hydroxylation sites is 1. The number of hydrogen-bond donors (Lipinski definition) is 4. The molecule has 1 heterocycles. The minimum Gasteiger partial charge on any atom is -0.477 e. The molecule has 0 spiro atoms. The maximum atomic E-state index is 11.3. The Morgan fingerprint density at radius 1 is 1.27 bits per heavy atom. The van der Waals surface area contributed by atoms with Crippen LogP contribution in [0.2, 0.25) is 0 Å². The number of carbonyl (C=O) groups is 2. The lowest BCUT2D eigenvalue weighted by Crippen LogP contribution is -2.21. The van der Waals surface area contributed by atoms with Crippen LogP contribution in [0.1, 0.15) is 35.5 Å². The van der Waals surface area contributed by atoms with Gasteiger partial charge in [0, 0.05) is 29.1 Å². The summed E-state index contributed by atoms with van der Waals surface area (Å²) < 4.78 is 0. The Balaban J connectivity index is 2.29. The van der Waals surface area contributed by atoms with Crippen LogP contribution < -0.4 is 0 Å². The number of carbonyl (C=O) groups excluding carboxylic acids is 1. The van der Waals surface area contributed by atoms with Gasteiger partial charge in [-0.25, -0.2) is 4.79 Å². The van der Waals surface area contributed by atoms with Crippen molar-refractivity contribution < 1.29 is 24.9 Å². The van der Waals surface area contributed by atoms with Crippen molar-refractivity contribution in [1.29, 1.82) is 0 Å². The van der Waals surface area contributed by atoms with Gasteiger partial charge in [0.2, 0.25) is 0 Å². The summed E-state index contributed by atoms with van der Waals surface area (Å²) in [6.45, 7) is 1.43. The Labute approximate surface area is 131 Å². The van der Waals surface area contributed by atoms with Crippen molar-refractivity contribution in [3.8, 4) is 0 Å². The minimum atomic E-state index is -1.34. The summed E-state index contributed by atoms with van der Waals surface area (Å²) in [5.41, 5.74) is 0.620. The van der Waals surface area contributed by atoms with E-state index in [9.17, 15) is 24.9 Å². The van der Waals surface area contributed by atoms with Crippen molar-refractivity contribution >= 4 is 33.7 Å². The molecular weight excluding hydrogens is 306 g/mol. The van der Waals surface area contributed by atoms with Crippen LogP contribution in [-0.2, 0) is 4.79 Å². The van der Waals surface area contributed by atoms with Crippen molar-refractivity contribution in [2.45, 2.75) is 25.6 Å². The third-order valence-electron chi connectivity index (χ3n) is 3.34. The number of carboxylic acid groups (broad SMARTS) is 1. The Morgan fingerprint density at radius 3 is 2.59 bits per heavy atom. The lowest BCUT2D eigenvalue weighted by atomic mass is 9.99. The molecule has 0 bridgehead atoms. The molecule has 0 saturated heterocycles. The molecule has 1 aromatic heterocycles. The second kappa shape index (κ2) is 6.95. The van der Waals surface area contributed by atoms with E-state index < -0.39 is 18.2 Å². The average molecular weight is 323 g/mol. The largest absolute Gasteiger partial charge is 0.477 e. The molecule has 0 fully saturated rings. The van der Waals surface area contributed by atoms with E-state index in [0.717, 1.165) is 11.8 Å². The third-order valence-corrected chi connectivity index (χ3v) is 4.19. The van der Waals surface area contributed by atoms with Crippen molar-refractivity contribution in [2.24, 2.45) is 0 Å². The standard InChI is InChI=1S/C15H17NO5S/c1-8(17)22-7-6-11(18)14(19)12-9-4-2-3-5-10(9)16-13(12)15(20)21/h2-5,11,14,16,18-19H,6-7H2,1H3,(H,20,21). The predicted octanol–water partition coefficient (Wildman–Crippen LogP) is 1.93. The Bertz CT molecular complexity index is 696. The van der Waals surface area contributed by atoms with E-state index in [4.69, 9.17) is 0 Å². The van der Waals surface area contributed by atoms with Gasteiger partial charge in [-0.3, -0.25) is 4.79 Å². The zero-order valence-electron chi connectivity index (χ0n) is 11.9. The van der Waals surface area contributed by atoms with Gasteiger partial charge in [0.25, 0.3) is 0 Å². The van der Waals surface area contributed by atoms with Crippen molar-refractivity contribution in [2.75, 3.05) is 5.75 Å². The van der Waals surface area contributed by atoms with E-state index in [2.05, 4.69) is 4.98 Å². The third kappa shape index (κ3) is 3.49. The summed E-state index contributed by atoms with van der Waals surface area (Å²) in [7, 11) is 0. The molecule has 2 aromatic rings. The van der Waals surface area contributed by atoms with Crippen LogP contribution in [0.4, 0.5) is 0 Å². The number of aliphatic hydroxyl groups is 2. The highest BCUT2D eigenvalue weighted by molar-refractivity contribution is 8.13. The molecular formula is C15H17NO5S. The number of thioether (sulfide) groups is 1. The zero-order chi connectivity index (χ0) is 16.3. The van der Waals surface area contributed by atoms with Gasteiger partial charge < -0.3 is 20.3 Å². The maximum Gasteiger partial charge on any atom is 0.352 e. The highest BCUT2D eigenvalue weighted by Gasteiger charge is 2.27. The summed E-state index contributed by atoms with van der Waals surface area (Å²) in [4.78, 5) is 25.0. The molecule has 0 radical (unpaired) electrons. The van der Waals surface area contributed by atoms with Crippen LogP contribution in [0, 0.1) is 0 Å².